The van der Waals surface area contributed by atoms with Gasteiger partial charge in [0.15, 0.2) is 0 Å². The second-order valence-electron chi connectivity index (χ2n) is 3.80. The number of nitrogen functional groups attached to an aromatic ring is 1. The number of nitrogens with zero attached hydrogens (tertiary/aromatic N) is 1. The number of ether oxygens (including phenoxy) is 1. The van der Waals surface area contributed by atoms with E-state index in [9.17, 15) is 8.42 Å². The van der Waals surface area contributed by atoms with Gasteiger partial charge in [-0.2, -0.15) is 8.42 Å². The van der Waals surface area contributed by atoms with E-state index in [2.05, 4.69) is 0 Å². The zero-order chi connectivity index (χ0) is 12.5. The van der Waals surface area contributed by atoms with E-state index in [1.165, 1.54) is 12.1 Å². The van der Waals surface area contributed by atoms with Crippen molar-refractivity contribution in [1.82, 2.24) is 0 Å². The van der Waals surface area contributed by atoms with E-state index < -0.39 is 10.1 Å². The van der Waals surface area contributed by atoms with Crippen LogP contribution < -0.4 is 10.6 Å². The fourth-order valence-electron chi connectivity index (χ4n) is 1.79. The second kappa shape index (κ2) is 4.52. The maximum absolute atomic E-state index is 10.9. The summed E-state index contributed by atoms with van der Waals surface area (Å²) >= 11 is 0. The minimum Gasteiger partial charge on any atom is -0.397 e. The Bertz CT molecular complexity index is 509. The summed E-state index contributed by atoms with van der Waals surface area (Å²) in [6, 6.07) is 4.21. The number of hydrogen-bond donors (Lipinski definition) is 2. The van der Waals surface area contributed by atoms with E-state index in [4.69, 9.17) is 15.0 Å². The molecule has 0 saturated carbocycles. The lowest BCUT2D eigenvalue weighted by Crippen LogP contribution is -2.36. The Balaban J connectivity index is 2.31. The lowest BCUT2D eigenvalue weighted by molar-refractivity contribution is 0.123. The highest BCUT2D eigenvalue weighted by Crippen LogP contribution is 2.26. The van der Waals surface area contributed by atoms with Gasteiger partial charge >= 0.3 is 0 Å². The summed E-state index contributed by atoms with van der Waals surface area (Å²) in [6.07, 6.45) is 0. The smallest absolute Gasteiger partial charge is 0.294 e. The lowest BCUT2D eigenvalue weighted by Gasteiger charge is -2.29. The first kappa shape index (κ1) is 12.2. The largest absolute Gasteiger partial charge is 0.397 e. The molecular formula is C10H14N2O4S. The molecule has 1 aliphatic heterocycles. The van der Waals surface area contributed by atoms with Crippen molar-refractivity contribution in [2.24, 2.45) is 0 Å². The number of nitrogens with two attached hydrogens (primary N) is 1. The molecule has 0 bridgehead atoms. The minimum absolute atomic E-state index is 0.188. The molecule has 94 valence electrons. The average Bonchev–Trinajstić information content (AvgIpc) is 2.29. The van der Waals surface area contributed by atoms with Crippen molar-refractivity contribution in [2.45, 2.75) is 4.90 Å². The van der Waals surface area contributed by atoms with E-state index in [1.807, 2.05) is 4.90 Å². The zero-order valence-corrected chi connectivity index (χ0v) is 9.98. The van der Waals surface area contributed by atoms with Gasteiger partial charge in [0.25, 0.3) is 10.1 Å². The molecule has 0 aliphatic carbocycles. The monoisotopic (exact) mass is 258 g/mol. The SMILES string of the molecule is Nc1cc(S(=O)(=O)O)ccc1N1CCOCC1. The molecule has 0 spiro atoms. The standard InChI is InChI=1S/C10H14N2O4S/c11-9-7-8(17(13,14)15)1-2-10(9)12-3-5-16-6-4-12/h1-2,7H,3-6,11H2,(H,13,14,15). The predicted molar refractivity (Wildman–Crippen MR) is 63.7 cm³/mol. The highest BCUT2D eigenvalue weighted by molar-refractivity contribution is 7.85. The highest BCUT2D eigenvalue weighted by Gasteiger charge is 2.16. The topological polar surface area (TPSA) is 92.9 Å². The van der Waals surface area contributed by atoms with Gasteiger partial charge in [-0.25, -0.2) is 0 Å². The molecule has 17 heavy (non-hydrogen) atoms. The minimum atomic E-state index is -4.20. The first-order chi connectivity index (χ1) is 7.98. The zero-order valence-electron chi connectivity index (χ0n) is 9.17. The van der Waals surface area contributed by atoms with Gasteiger partial charge in [0.05, 0.1) is 29.5 Å². The van der Waals surface area contributed by atoms with Crippen molar-refractivity contribution in [3.8, 4) is 0 Å². The molecule has 0 atom stereocenters. The Kier molecular flexibility index (Phi) is 3.23. The molecule has 3 N–H and O–H groups in total. The van der Waals surface area contributed by atoms with E-state index >= 15 is 0 Å². The molecule has 6 nitrogen and oxygen atoms in total. The summed E-state index contributed by atoms with van der Waals surface area (Å²) < 4.78 is 36.0. The molecule has 1 aromatic carbocycles. The van der Waals surface area contributed by atoms with Crippen LogP contribution in [0.1, 0.15) is 0 Å². The van der Waals surface area contributed by atoms with Crippen LogP contribution in [0.4, 0.5) is 11.4 Å². The fourth-order valence-corrected chi connectivity index (χ4v) is 2.30. The summed E-state index contributed by atoms with van der Waals surface area (Å²) in [6.45, 7) is 2.68. The number of anilines is 2. The normalized spacial score (nSPS) is 17.1. The van der Waals surface area contributed by atoms with Gasteiger partial charge in [-0.3, -0.25) is 4.55 Å². The van der Waals surface area contributed by atoms with Crippen LogP contribution in [-0.4, -0.2) is 39.3 Å². The third-order valence-corrected chi connectivity index (χ3v) is 3.50. The van der Waals surface area contributed by atoms with Crippen LogP contribution in [0.3, 0.4) is 0 Å². The predicted octanol–water partition coefficient (Wildman–Crippen LogP) is 0.352. The third kappa shape index (κ3) is 2.68. The van der Waals surface area contributed by atoms with Crippen molar-refractivity contribution in [1.29, 1.82) is 0 Å². The first-order valence-corrected chi connectivity index (χ1v) is 6.62. The molecule has 1 fully saturated rings. The molecule has 0 radical (unpaired) electrons. The van der Waals surface area contributed by atoms with Crippen LogP contribution in [-0.2, 0) is 14.9 Å². The molecule has 0 aromatic heterocycles. The Labute approximate surface area is 99.7 Å². The maximum atomic E-state index is 10.9. The van der Waals surface area contributed by atoms with Crippen molar-refractivity contribution >= 4 is 21.5 Å². The molecular weight excluding hydrogens is 244 g/mol. The Hall–Kier alpha value is -1.31. The number of morpholine rings is 1. The van der Waals surface area contributed by atoms with Gasteiger partial charge in [-0.05, 0) is 18.2 Å². The quantitative estimate of drug-likeness (QED) is 0.587. The maximum Gasteiger partial charge on any atom is 0.294 e. The highest BCUT2D eigenvalue weighted by atomic mass is 32.2. The summed E-state index contributed by atoms with van der Waals surface area (Å²) in [4.78, 5) is 1.83. The number of benzene rings is 1. The van der Waals surface area contributed by atoms with E-state index in [1.54, 1.807) is 6.07 Å². The van der Waals surface area contributed by atoms with E-state index in [0.717, 1.165) is 18.8 Å². The van der Waals surface area contributed by atoms with E-state index in [0.29, 0.717) is 18.9 Å². The van der Waals surface area contributed by atoms with Gasteiger partial charge < -0.3 is 15.4 Å². The van der Waals surface area contributed by atoms with Crippen molar-refractivity contribution in [3.63, 3.8) is 0 Å². The second-order valence-corrected chi connectivity index (χ2v) is 5.22. The molecule has 0 unspecified atom stereocenters. The van der Waals surface area contributed by atoms with Crippen molar-refractivity contribution < 1.29 is 17.7 Å². The molecule has 0 amide bonds. The van der Waals surface area contributed by atoms with Crippen LogP contribution in [0.5, 0.6) is 0 Å². The van der Waals surface area contributed by atoms with Gasteiger partial charge in [0, 0.05) is 13.1 Å². The number of hydrogen-bond acceptors (Lipinski definition) is 5. The molecule has 1 heterocycles. The third-order valence-electron chi connectivity index (χ3n) is 2.65. The van der Waals surface area contributed by atoms with Crippen LogP contribution in [0.2, 0.25) is 0 Å². The first-order valence-electron chi connectivity index (χ1n) is 5.18. The average molecular weight is 258 g/mol. The molecule has 1 aliphatic rings. The molecule has 2 rings (SSSR count). The summed E-state index contributed by atoms with van der Waals surface area (Å²) in [5, 5.41) is 0. The van der Waals surface area contributed by atoms with E-state index in [-0.39, 0.29) is 4.90 Å². The summed E-state index contributed by atoms with van der Waals surface area (Å²) in [7, 11) is -4.20. The lowest BCUT2D eigenvalue weighted by atomic mass is 10.2. The van der Waals surface area contributed by atoms with Gasteiger partial charge in [0.2, 0.25) is 0 Å². The van der Waals surface area contributed by atoms with Crippen molar-refractivity contribution in [2.75, 3.05) is 36.9 Å². The fraction of sp³-hybridized carbons (Fsp3) is 0.400. The molecule has 7 heteroatoms. The van der Waals surface area contributed by atoms with Gasteiger partial charge in [0.1, 0.15) is 0 Å². The summed E-state index contributed by atoms with van der Waals surface area (Å²) in [5.41, 5.74) is 6.89. The van der Waals surface area contributed by atoms with Crippen LogP contribution >= 0.6 is 0 Å². The molecule has 1 aromatic rings. The van der Waals surface area contributed by atoms with Gasteiger partial charge in [-0.15, -0.1) is 0 Å². The van der Waals surface area contributed by atoms with Gasteiger partial charge in [-0.1, -0.05) is 0 Å². The Morgan fingerprint density at radius 1 is 1.29 bits per heavy atom. The van der Waals surface area contributed by atoms with Crippen LogP contribution in [0.15, 0.2) is 23.1 Å². The number of rotatable bonds is 2. The Morgan fingerprint density at radius 2 is 1.94 bits per heavy atom. The van der Waals surface area contributed by atoms with Crippen LogP contribution in [0.25, 0.3) is 0 Å². The van der Waals surface area contributed by atoms with Crippen molar-refractivity contribution in [3.05, 3.63) is 18.2 Å². The summed E-state index contributed by atoms with van der Waals surface area (Å²) in [5.74, 6) is 0. The molecule has 1 saturated heterocycles. The Morgan fingerprint density at radius 3 is 2.47 bits per heavy atom. The van der Waals surface area contributed by atoms with Crippen LogP contribution in [0, 0.1) is 0 Å².